The zero-order chi connectivity index (χ0) is 12.3. The Hall–Kier alpha value is -0.940. The van der Waals surface area contributed by atoms with Crippen molar-refractivity contribution < 1.29 is 13.9 Å². The molecule has 94 valence electrons. The molecule has 2 heterocycles. The Bertz CT molecular complexity index is 396. The molecule has 0 atom stereocenters. The van der Waals surface area contributed by atoms with Crippen molar-refractivity contribution in [1.29, 1.82) is 0 Å². The van der Waals surface area contributed by atoms with Gasteiger partial charge in [-0.05, 0) is 13.0 Å². The molecule has 0 bridgehead atoms. The average molecular weight is 255 g/mol. The summed E-state index contributed by atoms with van der Waals surface area (Å²) in [5.41, 5.74) is 0.536. The van der Waals surface area contributed by atoms with Gasteiger partial charge in [-0.2, -0.15) is 11.8 Å². The lowest BCUT2D eigenvalue weighted by molar-refractivity contribution is 0.0599. The van der Waals surface area contributed by atoms with Crippen molar-refractivity contribution in [2.24, 2.45) is 0 Å². The van der Waals surface area contributed by atoms with Crippen molar-refractivity contribution in [3.8, 4) is 0 Å². The van der Waals surface area contributed by atoms with Crippen molar-refractivity contribution in [1.82, 2.24) is 4.90 Å². The largest absolute Gasteiger partial charge is 0.465 e. The quantitative estimate of drug-likeness (QED) is 0.772. The number of aryl methyl sites for hydroxylation is 1. The molecule has 5 heteroatoms. The molecule has 17 heavy (non-hydrogen) atoms. The summed E-state index contributed by atoms with van der Waals surface area (Å²) in [5.74, 6) is 3.49. The van der Waals surface area contributed by atoms with E-state index in [1.54, 1.807) is 13.0 Å². The molecule has 0 spiro atoms. The van der Waals surface area contributed by atoms with Crippen LogP contribution in [0.15, 0.2) is 10.5 Å². The van der Waals surface area contributed by atoms with Crippen LogP contribution in [0.4, 0.5) is 0 Å². The number of esters is 1. The van der Waals surface area contributed by atoms with Gasteiger partial charge in [-0.25, -0.2) is 4.79 Å². The summed E-state index contributed by atoms with van der Waals surface area (Å²) in [5, 5.41) is 0. The van der Waals surface area contributed by atoms with Crippen molar-refractivity contribution in [2.45, 2.75) is 13.5 Å². The SMILES string of the molecule is COC(=O)c1cc(CN2CCSCC2)oc1C. The fraction of sp³-hybridized carbons (Fsp3) is 0.583. The van der Waals surface area contributed by atoms with Gasteiger partial charge >= 0.3 is 5.97 Å². The number of furan rings is 1. The van der Waals surface area contributed by atoms with Crippen LogP contribution in [0.5, 0.6) is 0 Å². The molecule has 1 fully saturated rings. The molecular weight excluding hydrogens is 238 g/mol. The fourth-order valence-electron chi connectivity index (χ4n) is 1.91. The van der Waals surface area contributed by atoms with Crippen LogP contribution < -0.4 is 0 Å². The first-order valence-corrected chi connectivity index (χ1v) is 6.84. The molecule has 1 aliphatic heterocycles. The van der Waals surface area contributed by atoms with Crippen molar-refractivity contribution in [2.75, 3.05) is 31.7 Å². The normalized spacial score (nSPS) is 17.1. The third-order valence-electron chi connectivity index (χ3n) is 2.86. The Labute approximate surface area is 105 Å². The lowest BCUT2D eigenvalue weighted by Gasteiger charge is -2.24. The first-order chi connectivity index (χ1) is 8.20. The van der Waals surface area contributed by atoms with Crippen LogP contribution in [-0.4, -0.2) is 42.6 Å². The molecule has 0 unspecified atom stereocenters. The number of rotatable bonds is 3. The summed E-state index contributed by atoms with van der Waals surface area (Å²) in [6.07, 6.45) is 0. The molecule has 2 rings (SSSR count). The van der Waals surface area contributed by atoms with Crippen LogP contribution in [0.1, 0.15) is 21.9 Å². The van der Waals surface area contributed by atoms with Crippen molar-refractivity contribution >= 4 is 17.7 Å². The molecule has 0 saturated carbocycles. The third-order valence-corrected chi connectivity index (χ3v) is 3.80. The van der Waals surface area contributed by atoms with E-state index in [1.807, 2.05) is 11.8 Å². The second-order valence-corrected chi connectivity index (χ2v) is 5.29. The molecule has 0 aliphatic carbocycles. The van der Waals surface area contributed by atoms with Crippen LogP contribution in [0.2, 0.25) is 0 Å². The number of carbonyl (C=O) groups is 1. The molecule has 1 aromatic rings. The zero-order valence-electron chi connectivity index (χ0n) is 10.2. The summed E-state index contributed by atoms with van der Waals surface area (Å²) < 4.78 is 10.3. The van der Waals surface area contributed by atoms with Gasteiger partial charge in [0.25, 0.3) is 0 Å². The minimum absolute atomic E-state index is 0.327. The number of thioether (sulfide) groups is 1. The maximum absolute atomic E-state index is 11.4. The van der Waals surface area contributed by atoms with Gasteiger partial charge in [0.05, 0.1) is 13.7 Å². The smallest absolute Gasteiger partial charge is 0.341 e. The molecule has 0 N–H and O–H groups in total. The van der Waals surface area contributed by atoms with E-state index in [9.17, 15) is 4.79 Å². The molecule has 0 aromatic carbocycles. The van der Waals surface area contributed by atoms with E-state index in [0.717, 1.165) is 25.4 Å². The highest BCUT2D eigenvalue weighted by Gasteiger charge is 2.18. The van der Waals surface area contributed by atoms with E-state index < -0.39 is 0 Å². The van der Waals surface area contributed by atoms with E-state index in [1.165, 1.54) is 18.6 Å². The summed E-state index contributed by atoms with van der Waals surface area (Å²) in [6.45, 7) is 4.73. The minimum atomic E-state index is -0.327. The topological polar surface area (TPSA) is 42.7 Å². The maximum atomic E-state index is 11.4. The van der Waals surface area contributed by atoms with E-state index >= 15 is 0 Å². The monoisotopic (exact) mass is 255 g/mol. The Morgan fingerprint density at radius 3 is 2.88 bits per heavy atom. The summed E-state index contributed by atoms with van der Waals surface area (Å²) in [6, 6.07) is 1.79. The van der Waals surface area contributed by atoms with Gasteiger partial charge in [0.15, 0.2) is 0 Å². The van der Waals surface area contributed by atoms with Crippen LogP contribution in [0.3, 0.4) is 0 Å². The fourth-order valence-corrected chi connectivity index (χ4v) is 2.89. The predicted octanol–water partition coefficient (Wildman–Crippen LogP) is 1.92. The van der Waals surface area contributed by atoms with E-state index in [0.29, 0.717) is 11.3 Å². The second-order valence-electron chi connectivity index (χ2n) is 4.06. The molecule has 0 radical (unpaired) electrons. The van der Waals surface area contributed by atoms with Crippen LogP contribution in [0.25, 0.3) is 0 Å². The van der Waals surface area contributed by atoms with Gasteiger partial charge in [-0.3, -0.25) is 4.90 Å². The number of carbonyl (C=O) groups excluding carboxylic acids is 1. The van der Waals surface area contributed by atoms with Gasteiger partial charge in [0, 0.05) is 24.6 Å². The first kappa shape index (κ1) is 12.5. The highest BCUT2D eigenvalue weighted by atomic mass is 32.2. The summed E-state index contributed by atoms with van der Waals surface area (Å²) in [4.78, 5) is 13.8. The number of nitrogens with zero attached hydrogens (tertiary/aromatic N) is 1. The highest BCUT2D eigenvalue weighted by molar-refractivity contribution is 7.99. The lowest BCUT2D eigenvalue weighted by Crippen LogP contribution is -2.31. The molecule has 0 amide bonds. The van der Waals surface area contributed by atoms with E-state index in [2.05, 4.69) is 4.90 Å². The molecular formula is C12H17NO3S. The Kier molecular flexibility index (Phi) is 4.12. The van der Waals surface area contributed by atoms with Crippen LogP contribution >= 0.6 is 11.8 Å². The zero-order valence-corrected chi connectivity index (χ0v) is 11.0. The number of methoxy groups -OCH3 is 1. The van der Waals surface area contributed by atoms with Crippen LogP contribution in [0, 0.1) is 6.92 Å². The van der Waals surface area contributed by atoms with Crippen molar-refractivity contribution in [3.05, 3.63) is 23.2 Å². The van der Waals surface area contributed by atoms with Gasteiger partial charge < -0.3 is 9.15 Å². The molecule has 1 aliphatic rings. The third kappa shape index (κ3) is 3.04. The summed E-state index contributed by atoms with van der Waals surface area (Å²) in [7, 11) is 1.39. The minimum Gasteiger partial charge on any atom is -0.465 e. The average Bonchev–Trinajstić information content (AvgIpc) is 2.70. The van der Waals surface area contributed by atoms with Gasteiger partial charge in [-0.1, -0.05) is 0 Å². The van der Waals surface area contributed by atoms with E-state index in [-0.39, 0.29) is 5.97 Å². The maximum Gasteiger partial charge on any atom is 0.341 e. The molecule has 4 nitrogen and oxygen atoms in total. The first-order valence-electron chi connectivity index (χ1n) is 5.68. The van der Waals surface area contributed by atoms with Crippen LogP contribution in [-0.2, 0) is 11.3 Å². The van der Waals surface area contributed by atoms with Crippen molar-refractivity contribution in [3.63, 3.8) is 0 Å². The Morgan fingerprint density at radius 2 is 2.24 bits per heavy atom. The van der Waals surface area contributed by atoms with Gasteiger partial charge in [0.2, 0.25) is 0 Å². The number of ether oxygens (including phenoxy) is 1. The molecule has 1 aromatic heterocycles. The predicted molar refractivity (Wildman–Crippen MR) is 67.4 cm³/mol. The Morgan fingerprint density at radius 1 is 1.53 bits per heavy atom. The standard InChI is InChI=1S/C12H17NO3S/c1-9-11(12(14)15-2)7-10(16-9)8-13-3-5-17-6-4-13/h7H,3-6,8H2,1-2H3. The Balaban J connectivity index is 2.03. The highest BCUT2D eigenvalue weighted by Crippen LogP contribution is 2.19. The number of hydrogen-bond donors (Lipinski definition) is 0. The number of hydrogen-bond acceptors (Lipinski definition) is 5. The second kappa shape index (κ2) is 5.60. The van der Waals surface area contributed by atoms with Gasteiger partial charge in [0.1, 0.15) is 17.1 Å². The van der Waals surface area contributed by atoms with E-state index in [4.69, 9.17) is 9.15 Å². The molecule has 1 saturated heterocycles. The lowest BCUT2D eigenvalue weighted by atomic mass is 10.2. The van der Waals surface area contributed by atoms with Gasteiger partial charge in [-0.15, -0.1) is 0 Å². The summed E-state index contributed by atoms with van der Waals surface area (Å²) >= 11 is 1.98.